The Hall–Kier alpha value is -0.890. The van der Waals surface area contributed by atoms with Gasteiger partial charge in [-0.05, 0) is 36.8 Å². The summed E-state index contributed by atoms with van der Waals surface area (Å²) in [6.45, 7) is 4.35. The first kappa shape index (κ1) is 15.6. The molecule has 8 heteroatoms. The molecule has 3 aliphatic heterocycles. The van der Waals surface area contributed by atoms with Crippen LogP contribution in [0.2, 0.25) is 5.02 Å². The zero-order valence-corrected chi connectivity index (χ0v) is 14.5. The molecule has 0 spiro atoms. The molecule has 4 heterocycles. The van der Waals surface area contributed by atoms with Crippen LogP contribution in [0.15, 0.2) is 18.3 Å². The number of pyridine rings is 1. The van der Waals surface area contributed by atoms with Gasteiger partial charge in [-0.1, -0.05) is 11.6 Å². The van der Waals surface area contributed by atoms with Crippen LogP contribution in [0, 0.1) is 11.8 Å². The van der Waals surface area contributed by atoms with Gasteiger partial charge in [0, 0.05) is 45.5 Å². The van der Waals surface area contributed by atoms with E-state index in [1.807, 2.05) is 12.1 Å². The first-order valence-corrected chi connectivity index (χ1v) is 9.93. The number of halogens is 1. The van der Waals surface area contributed by atoms with Crippen molar-refractivity contribution in [3.8, 4) is 0 Å². The second-order valence-electron chi connectivity index (χ2n) is 6.69. The molecule has 0 saturated carbocycles. The van der Waals surface area contributed by atoms with Gasteiger partial charge in [-0.15, -0.1) is 0 Å². The topological polar surface area (TPSA) is 56.8 Å². The highest BCUT2D eigenvalue weighted by molar-refractivity contribution is 7.86. The second-order valence-corrected chi connectivity index (χ2v) is 9.06. The van der Waals surface area contributed by atoms with Crippen molar-refractivity contribution in [1.82, 2.24) is 13.6 Å². The van der Waals surface area contributed by atoms with Crippen molar-refractivity contribution in [2.75, 3.05) is 44.2 Å². The molecule has 126 valence electrons. The third kappa shape index (κ3) is 2.84. The van der Waals surface area contributed by atoms with E-state index in [0.29, 0.717) is 43.0 Å². The van der Waals surface area contributed by atoms with E-state index in [9.17, 15) is 8.42 Å². The summed E-state index contributed by atoms with van der Waals surface area (Å²) in [6, 6.07) is 3.78. The van der Waals surface area contributed by atoms with Gasteiger partial charge in [-0.2, -0.15) is 17.0 Å². The number of anilines is 1. The molecule has 1 aromatic rings. The SMILES string of the molecule is O=S(=O)(N1CCCC1)N1CC2CN(c3ccc(Cl)cn3)CC2C1. The van der Waals surface area contributed by atoms with Crippen molar-refractivity contribution in [2.45, 2.75) is 12.8 Å². The number of fused-ring (bicyclic) bond motifs is 1. The first-order chi connectivity index (χ1) is 11.0. The van der Waals surface area contributed by atoms with Gasteiger partial charge in [0.05, 0.1) is 5.02 Å². The fourth-order valence-corrected chi connectivity index (χ4v) is 5.88. The van der Waals surface area contributed by atoms with Crippen LogP contribution < -0.4 is 4.90 Å². The quantitative estimate of drug-likeness (QED) is 0.822. The molecule has 3 saturated heterocycles. The van der Waals surface area contributed by atoms with E-state index in [-0.39, 0.29) is 0 Å². The van der Waals surface area contributed by atoms with Gasteiger partial charge in [0.25, 0.3) is 10.2 Å². The third-order valence-electron chi connectivity index (χ3n) is 5.21. The molecule has 4 rings (SSSR count). The molecular weight excluding hydrogens is 336 g/mol. The van der Waals surface area contributed by atoms with Gasteiger partial charge in [0.2, 0.25) is 0 Å². The highest BCUT2D eigenvalue weighted by Crippen LogP contribution is 2.35. The maximum absolute atomic E-state index is 12.7. The lowest BCUT2D eigenvalue weighted by Gasteiger charge is -2.25. The molecule has 0 N–H and O–H groups in total. The molecule has 2 atom stereocenters. The number of aromatic nitrogens is 1. The number of nitrogens with zero attached hydrogens (tertiary/aromatic N) is 4. The predicted molar refractivity (Wildman–Crippen MR) is 89.7 cm³/mol. The Balaban J connectivity index is 1.43. The van der Waals surface area contributed by atoms with E-state index in [2.05, 4.69) is 9.88 Å². The molecule has 0 radical (unpaired) electrons. The standard InChI is InChI=1S/C15H21ClN4O2S/c16-14-3-4-15(17-7-14)18-8-12-10-20(11-13(12)9-18)23(21,22)19-5-1-2-6-19/h3-4,7,12-13H,1-2,5-6,8-11H2. The first-order valence-electron chi connectivity index (χ1n) is 8.16. The smallest absolute Gasteiger partial charge is 0.281 e. The Labute approximate surface area is 142 Å². The minimum absolute atomic E-state index is 0.393. The molecule has 6 nitrogen and oxygen atoms in total. The summed E-state index contributed by atoms with van der Waals surface area (Å²) in [5, 5.41) is 0.635. The number of rotatable bonds is 3. The molecule has 0 bridgehead atoms. The van der Waals surface area contributed by atoms with Crippen molar-refractivity contribution < 1.29 is 8.42 Å². The lowest BCUT2D eigenvalue weighted by Crippen LogP contribution is -2.42. The monoisotopic (exact) mass is 356 g/mol. The molecule has 0 amide bonds. The summed E-state index contributed by atoms with van der Waals surface area (Å²) in [5.41, 5.74) is 0. The Morgan fingerprint density at radius 2 is 1.65 bits per heavy atom. The highest BCUT2D eigenvalue weighted by Gasteiger charge is 2.45. The lowest BCUT2D eigenvalue weighted by molar-refractivity contribution is 0.385. The van der Waals surface area contributed by atoms with Crippen LogP contribution in [-0.2, 0) is 10.2 Å². The minimum atomic E-state index is -3.25. The lowest BCUT2D eigenvalue weighted by atomic mass is 10.0. The van der Waals surface area contributed by atoms with Crippen LogP contribution in [-0.4, -0.2) is 61.3 Å². The van der Waals surface area contributed by atoms with Gasteiger partial charge >= 0.3 is 0 Å². The summed E-state index contributed by atoms with van der Waals surface area (Å²) in [4.78, 5) is 6.61. The highest BCUT2D eigenvalue weighted by atomic mass is 35.5. The van der Waals surface area contributed by atoms with Crippen molar-refractivity contribution in [3.05, 3.63) is 23.4 Å². The van der Waals surface area contributed by atoms with Crippen LogP contribution in [0.1, 0.15) is 12.8 Å². The van der Waals surface area contributed by atoms with Crippen LogP contribution in [0.3, 0.4) is 0 Å². The van der Waals surface area contributed by atoms with Gasteiger partial charge in [0.1, 0.15) is 5.82 Å². The molecular formula is C15H21ClN4O2S. The van der Waals surface area contributed by atoms with Crippen molar-refractivity contribution in [3.63, 3.8) is 0 Å². The predicted octanol–water partition coefficient (Wildman–Crippen LogP) is 1.44. The van der Waals surface area contributed by atoms with Gasteiger partial charge < -0.3 is 4.90 Å². The van der Waals surface area contributed by atoms with Crippen molar-refractivity contribution >= 4 is 27.6 Å². The maximum atomic E-state index is 12.7. The van der Waals surface area contributed by atoms with E-state index >= 15 is 0 Å². The zero-order valence-electron chi connectivity index (χ0n) is 12.9. The van der Waals surface area contributed by atoms with Crippen molar-refractivity contribution in [2.24, 2.45) is 11.8 Å². The minimum Gasteiger partial charge on any atom is -0.356 e. The summed E-state index contributed by atoms with van der Waals surface area (Å²) >= 11 is 5.89. The molecule has 0 aromatic carbocycles. The van der Waals surface area contributed by atoms with E-state index in [1.165, 1.54) is 0 Å². The fraction of sp³-hybridized carbons (Fsp3) is 0.667. The third-order valence-corrected chi connectivity index (χ3v) is 7.40. The average Bonchev–Trinajstić information content (AvgIpc) is 3.23. The van der Waals surface area contributed by atoms with E-state index < -0.39 is 10.2 Å². The Morgan fingerprint density at radius 3 is 2.22 bits per heavy atom. The fourth-order valence-electron chi connectivity index (χ4n) is 3.96. The van der Waals surface area contributed by atoms with Gasteiger partial charge in [-0.3, -0.25) is 0 Å². The summed E-state index contributed by atoms with van der Waals surface area (Å²) in [6.07, 6.45) is 3.63. The van der Waals surface area contributed by atoms with E-state index in [4.69, 9.17) is 11.6 Å². The molecule has 3 aliphatic rings. The second kappa shape index (κ2) is 5.88. The van der Waals surface area contributed by atoms with Crippen LogP contribution >= 0.6 is 11.6 Å². The number of hydrogen-bond acceptors (Lipinski definition) is 4. The summed E-state index contributed by atoms with van der Waals surface area (Å²) < 4.78 is 28.7. The zero-order chi connectivity index (χ0) is 16.0. The van der Waals surface area contributed by atoms with E-state index in [1.54, 1.807) is 14.8 Å². The maximum Gasteiger partial charge on any atom is 0.281 e. The number of hydrogen-bond donors (Lipinski definition) is 0. The van der Waals surface area contributed by atoms with E-state index in [0.717, 1.165) is 31.7 Å². The summed E-state index contributed by atoms with van der Waals surface area (Å²) in [7, 11) is -3.25. The normalized spacial score (nSPS) is 29.3. The van der Waals surface area contributed by atoms with Crippen LogP contribution in [0.4, 0.5) is 5.82 Å². The largest absolute Gasteiger partial charge is 0.356 e. The van der Waals surface area contributed by atoms with Gasteiger partial charge in [0.15, 0.2) is 0 Å². The Kier molecular flexibility index (Phi) is 3.99. The molecule has 1 aromatic heterocycles. The molecule has 0 aliphatic carbocycles. The molecule has 2 unspecified atom stereocenters. The Bertz CT molecular complexity index is 661. The van der Waals surface area contributed by atoms with Crippen LogP contribution in [0.25, 0.3) is 0 Å². The average molecular weight is 357 g/mol. The van der Waals surface area contributed by atoms with Crippen molar-refractivity contribution in [1.29, 1.82) is 0 Å². The summed E-state index contributed by atoms with van der Waals surface area (Å²) in [5.74, 6) is 1.72. The van der Waals surface area contributed by atoms with Crippen LogP contribution in [0.5, 0.6) is 0 Å². The molecule has 23 heavy (non-hydrogen) atoms. The molecule has 3 fully saturated rings. The Morgan fingerprint density at radius 1 is 1.00 bits per heavy atom. The van der Waals surface area contributed by atoms with Gasteiger partial charge in [-0.25, -0.2) is 4.98 Å².